The maximum absolute atomic E-state index is 2.74. The minimum absolute atomic E-state index is 0.897. The summed E-state index contributed by atoms with van der Waals surface area (Å²) in [6.45, 7) is 4.10. The van der Waals surface area contributed by atoms with Crippen LogP contribution in [0.15, 0.2) is 0 Å². The largest absolute Gasteiger partial charge is 0.301 e. The van der Waals surface area contributed by atoms with E-state index >= 15 is 0 Å². The fraction of sp³-hybridized carbons (Fsp3) is 1.00. The van der Waals surface area contributed by atoms with Crippen molar-refractivity contribution in [3.05, 3.63) is 0 Å². The molecule has 2 heterocycles. The Morgan fingerprint density at radius 3 is 2.50 bits per heavy atom. The molecule has 0 N–H and O–H groups in total. The van der Waals surface area contributed by atoms with Crippen LogP contribution in [-0.2, 0) is 0 Å². The van der Waals surface area contributed by atoms with Crippen molar-refractivity contribution in [2.45, 2.75) is 31.3 Å². The summed E-state index contributed by atoms with van der Waals surface area (Å²) in [5, 5.41) is 0. The third kappa shape index (κ3) is 1.09. The lowest BCUT2D eigenvalue weighted by atomic mass is 10.2. The Bertz CT molecular complexity index is 186. The molecule has 2 atom stereocenters. The predicted octanol–water partition coefficient (Wildman–Crippen LogP) is 0.785. The summed E-state index contributed by atoms with van der Waals surface area (Å²) in [7, 11) is 2.28. The van der Waals surface area contributed by atoms with Crippen LogP contribution in [-0.4, -0.2) is 48.6 Å². The first kappa shape index (κ1) is 7.34. The first-order valence-electron chi connectivity index (χ1n) is 5.27. The van der Waals surface area contributed by atoms with Crippen LogP contribution in [0.5, 0.6) is 0 Å². The van der Waals surface area contributed by atoms with Gasteiger partial charge in [-0.05, 0) is 32.2 Å². The number of likely N-dealkylation sites (N-methyl/N-ethyl adjacent to an activating group) is 1. The van der Waals surface area contributed by atoms with Crippen molar-refractivity contribution in [2.75, 3.05) is 26.7 Å². The molecule has 2 heteroatoms. The van der Waals surface area contributed by atoms with Crippen molar-refractivity contribution in [1.82, 2.24) is 9.80 Å². The topological polar surface area (TPSA) is 6.48 Å². The lowest BCUT2D eigenvalue weighted by Crippen LogP contribution is -2.45. The maximum Gasteiger partial charge on any atom is 0.0239 e. The van der Waals surface area contributed by atoms with Crippen molar-refractivity contribution in [1.29, 1.82) is 0 Å². The van der Waals surface area contributed by atoms with Crippen LogP contribution in [0.4, 0.5) is 0 Å². The van der Waals surface area contributed by atoms with Crippen LogP contribution < -0.4 is 0 Å². The number of nitrogens with zero attached hydrogens (tertiary/aromatic N) is 2. The Balaban J connectivity index is 1.62. The summed E-state index contributed by atoms with van der Waals surface area (Å²) in [5.41, 5.74) is 0. The van der Waals surface area contributed by atoms with Crippen LogP contribution in [0.1, 0.15) is 19.3 Å². The molecule has 0 aromatic rings. The molecule has 2 saturated heterocycles. The van der Waals surface area contributed by atoms with E-state index in [2.05, 4.69) is 16.8 Å². The fourth-order valence-corrected chi connectivity index (χ4v) is 2.80. The van der Waals surface area contributed by atoms with Crippen LogP contribution in [0.2, 0.25) is 0 Å². The van der Waals surface area contributed by atoms with Crippen molar-refractivity contribution >= 4 is 0 Å². The molecule has 12 heavy (non-hydrogen) atoms. The van der Waals surface area contributed by atoms with Gasteiger partial charge in [-0.2, -0.15) is 0 Å². The maximum atomic E-state index is 2.74. The average molecular weight is 166 g/mol. The second kappa shape index (κ2) is 2.46. The van der Waals surface area contributed by atoms with E-state index in [9.17, 15) is 0 Å². The van der Waals surface area contributed by atoms with Crippen molar-refractivity contribution in [3.63, 3.8) is 0 Å². The zero-order chi connectivity index (χ0) is 8.13. The summed E-state index contributed by atoms with van der Waals surface area (Å²) in [6.07, 6.45) is 4.46. The highest BCUT2D eigenvalue weighted by Gasteiger charge is 2.42. The Morgan fingerprint density at radius 2 is 2.00 bits per heavy atom. The van der Waals surface area contributed by atoms with E-state index in [4.69, 9.17) is 0 Å². The van der Waals surface area contributed by atoms with Gasteiger partial charge in [0.15, 0.2) is 0 Å². The molecule has 1 aliphatic carbocycles. The molecule has 68 valence electrons. The molecule has 2 nitrogen and oxygen atoms in total. The normalized spacial score (nSPS) is 42.8. The lowest BCUT2D eigenvalue weighted by molar-refractivity contribution is 0.145. The van der Waals surface area contributed by atoms with Gasteiger partial charge in [-0.3, -0.25) is 4.90 Å². The molecular formula is C10H18N2. The highest BCUT2D eigenvalue weighted by molar-refractivity contribution is 4.99. The summed E-state index contributed by atoms with van der Waals surface area (Å²) in [6, 6.07) is 1.81. The molecule has 3 rings (SSSR count). The van der Waals surface area contributed by atoms with E-state index in [0.29, 0.717) is 0 Å². The van der Waals surface area contributed by atoms with Gasteiger partial charge in [-0.1, -0.05) is 0 Å². The van der Waals surface area contributed by atoms with E-state index in [-0.39, 0.29) is 0 Å². The van der Waals surface area contributed by atoms with Gasteiger partial charge in [0.25, 0.3) is 0 Å². The van der Waals surface area contributed by atoms with Crippen molar-refractivity contribution in [3.8, 4) is 0 Å². The second-order valence-corrected chi connectivity index (χ2v) is 4.88. The first-order chi connectivity index (χ1) is 5.83. The molecule has 0 aromatic carbocycles. The SMILES string of the molecule is CN1C[C@@H]2C[C@H]1CN2CC1CC1. The van der Waals surface area contributed by atoms with E-state index in [1.165, 1.54) is 38.9 Å². The van der Waals surface area contributed by atoms with E-state index in [1.807, 2.05) is 0 Å². The summed E-state index contributed by atoms with van der Waals surface area (Å²) < 4.78 is 0. The highest BCUT2D eigenvalue weighted by atomic mass is 15.3. The first-order valence-corrected chi connectivity index (χ1v) is 5.27. The average Bonchev–Trinajstić information content (AvgIpc) is 2.65. The lowest BCUT2D eigenvalue weighted by Gasteiger charge is -2.31. The molecule has 0 spiro atoms. The minimum Gasteiger partial charge on any atom is -0.301 e. The number of hydrogen-bond acceptors (Lipinski definition) is 2. The van der Waals surface area contributed by atoms with Crippen LogP contribution >= 0.6 is 0 Å². The second-order valence-electron chi connectivity index (χ2n) is 4.88. The van der Waals surface area contributed by atoms with Gasteiger partial charge in [0.1, 0.15) is 0 Å². The third-order valence-corrected chi connectivity index (χ3v) is 3.82. The molecule has 2 bridgehead atoms. The number of piperazine rings is 1. The third-order valence-electron chi connectivity index (χ3n) is 3.82. The van der Waals surface area contributed by atoms with Gasteiger partial charge in [0.2, 0.25) is 0 Å². The molecule has 0 amide bonds. The molecule has 0 unspecified atom stereocenters. The van der Waals surface area contributed by atoms with Crippen LogP contribution in [0.3, 0.4) is 0 Å². The molecule has 0 radical (unpaired) electrons. The molecule has 2 aliphatic heterocycles. The molecule has 3 aliphatic rings. The van der Waals surface area contributed by atoms with Gasteiger partial charge in [0, 0.05) is 31.7 Å². The van der Waals surface area contributed by atoms with Crippen molar-refractivity contribution < 1.29 is 0 Å². The monoisotopic (exact) mass is 166 g/mol. The van der Waals surface area contributed by atoms with Gasteiger partial charge >= 0.3 is 0 Å². The van der Waals surface area contributed by atoms with Crippen molar-refractivity contribution in [2.24, 2.45) is 5.92 Å². The summed E-state index contributed by atoms with van der Waals surface area (Å²) in [5.74, 6) is 1.08. The van der Waals surface area contributed by atoms with E-state index in [0.717, 1.165) is 18.0 Å². The standard InChI is InChI=1S/C10H18N2/c1-11-6-10-4-9(11)7-12(10)5-8-2-3-8/h8-10H,2-7H2,1H3/t9-,10-/m0/s1. The summed E-state index contributed by atoms with van der Waals surface area (Å²) >= 11 is 0. The van der Waals surface area contributed by atoms with Gasteiger partial charge in [-0.15, -0.1) is 0 Å². The van der Waals surface area contributed by atoms with E-state index in [1.54, 1.807) is 0 Å². The zero-order valence-electron chi connectivity index (χ0n) is 7.87. The van der Waals surface area contributed by atoms with Crippen LogP contribution in [0.25, 0.3) is 0 Å². The fourth-order valence-electron chi connectivity index (χ4n) is 2.80. The summed E-state index contributed by atoms with van der Waals surface area (Å²) in [4.78, 5) is 5.27. The Morgan fingerprint density at radius 1 is 1.17 bits per heavy atom. The number of rotatable bonds is 2. The number of likely N-dealkylation sites (tertiary alicyclic amines) is 2. The zero-order valence-corrected chi connectivity index (χ0v) is 7.87. The molecule has 3 fully saturated rings. The number of hydrogen-bond donors (Lipinski definition) is 0. The van der Waals surface area contributed by atoms with Gasteiger partial charge in [-0.25, -0.2) is 0 Å². The number of fused-ring (bicyclic) bond motifs is 2. The smallest absolute Gasteiger partial charge is 0.0239 e. The van der Waals surface area contributed by atoms with Gasteiger partial charge in [0.05, 0.1) is 0 Å². The minimum atomic E-state index is 0.897. The molecule has 0 aromatic heterocycles. The highest BCUT2D eigenvalue weighted by Crippen LogP contribution is 2.35. The quantitative estimate of drug-likeness (QED) is 0.598. The molecular weight excluding hydrogens is 148 g/mol. The van der Waals surface area contributed by atoms with Gasteiger partial charge < -0.3 is 4.90 Å². The predicted molar refractivity (Wildman–Crippen MR) is 49.1 cm³/mol. The van der Waals surface area contributed by atoms with Crippen LogP contribution in [0, 0.1) is 5.92 Å². The molecule has 1 saturated carbocycles. The Kier molecular flexibility index (Phi) is 1.50. The Labute approximate surface area is 74.5 Å². The Hall–Kier alpha value is -0.0800. The van der Waals surface area contributed by atoms with E-state index < -0.39 is 0 Å².